The van der Waals surface area contributed by atoms with E-state index in [0.29, 0.717) is 11.8 Å². The van der Waals surface area contributed by atoms with Crippen molar-refractivity contribution in [3.05, 3.63) is 0 Å². The van der Waals surface area contributed by atoms with Crippen LogP contribution in [0.3, 0.4) is 0 Å². The third kappa shape index (κ3) is 2.48. The van der Waals surface area contributed by atoms with Gasteiger partial charge < -0.3 is 10.2 Å². The molecule has 4 rings (SSSR count). The van der Waals surface area contributed by atoms with Gasteiger partial charge in [-0.3, -0.25) is 9.69 Å². The van der Waals surface area contributed by atoms with E-state index in [1.54, 1.807) is 0 Å². The maximum Gasteiger partial charge on any atom is 0.240 e. The molecule has 3 atom stereocenters. The Bertz CT molecular complexity index is 374. The molecule has 0 bridgehead atoms. The van der Waals surface area contributed by atoms with Crippen LogP contribution in [0.4, 0.5) is 0 Å². The van der Waals surface area contributed by atoms with Crippen LogP contribution < -0.4 is 5.32 Å². The zero-order valence-electron chi connectivity index (χ0n) is 12.4. The Labute approximate surface area is 121 Å². The van der Waals surface area contributed by atoms with E-state index in [-0.39, 0.29) is 6.04 Å². The van der Waals surface area contributed by atoms with Crippen molar-refractivity contribution >= 4 is 5.91 Å². The molecule has 1 amide bonds. The minimum absolute atomic E-state index is 0.137. The predicted molar refractivity (Wildman–Crippen MR) is 78.4 cm³/mol. The molecule has 4 heteroatoms. The molecule has 112 valence electrons. The standard InChI is InChI=1S/C16H27N3O/c20-16(15-14-3-1-2-13(14)10-17-15)19-8-6-18(7-9-19)11-12-4-5-12/h12-15,17H,1-11H2. The van der Waals surface area contributed by atoms with Gasteiger partial charge in [-0.1, -0.05) is 6.42 Å². The lowest BCUT2D eigenvalue weighted by Crippen LogP contribution is -2.54. The average Bonchev–Trinajstić information content (AvgIpc) is 3.01. The van der Waals surface area contributed by atoms with Gasteiger partial charge in [-0.15, -0.1) is 0 Å². The van der Waals surface area contributed by atoms with Crippen molar-refractivity contribution < 1.29 is 4.79 Å². The van der Waals surface area contributed by atoms with E-state index in [9.17, 15) is 4.79 Å². The quantitative estimate of drug-likeness (QED) is 0.833. The van der Waals surface area contributed by atoms with Gasteiger partial charge in [-0.25, -0.2) is 0 Å². The smallest absolute Gasteiger partial charge is 0.240 e. The number of nitrogens with zero attached hydrogens (tertiary/aromatic N) is 2. The van der Waals surface area contributed by atoms with Gasteiger partial charge in [0.2, 0.25) is 5.91 Å². The zero-order valence-corrected chi connectivity index (χ0v) is 12.4. The topological polar surface area (TPSA) is 35.6 Å². The normalized spacial score (nSPS) is 38.2. The molecule has 4 fully saturated rings. The van der Waals surface area contributed by atoms with E-state index in [0.717, 1.165) is 44.6 Å². The van der Waals surface area contributed by atoms with E-state index in [2.05, 4.69) is 15.1 Å². The maximum absolute atomic E-state index is 12.7. The second-order valence-corrected chi connectivity index (χ2v) is 7.31. The highest BCUT2D eigenvalue weighted by Gasteiger charge is 2.44. The predicted octanol–water partition coefficient (Wildman–Crippen LogP) is 0.929. The maximum atomic E-state index is 12.7. The fourth-order valence-corrected chi connectivity index (χ4v) is 4.47. The number of amides is 1. The van der Waals surface area contributed by atoms with Crippen LogP contribution in [0.2, 0.25) is 0 Å². The Morgan fingerprint density at radius 1 is 1.05 bits per heavy atom. The third-order valence-corrected chi connectivity index (χ3v) is 5.91. The molecule has 3 unspecified atom stereocenters. The summed E-state index contributed by atoms with van der Waals surface area (Å²) in [7, 11) is 0. The number of carbonyl (C=O) groups is 1. The Morgan fingerprint density at radius 2 is 1.85 bits per heavy atom. The summed E-state index contributed by atoms with van der Waals surface area (Å²) in [6.07, 6.45) is 6.77. The second kappa shape index (κ2) is 5.30. The number of piperazine rings is 1. The molecule has 4 nitrogen and oxygen atoms in total. The minimum Gasteiger partial charge on any atom is -0.339 e. The molecule has 0 aromatic rings. The van der Waals surface area contributed by atoms with Crippen LogP contribution in [0.15, 0.2) is 0 Å². The molecular formula is C16H27N3O. The molecule has 0 radical (unpaired) electrons. The van der Waals surface area contributed by atoms with Crippen molar-refractivity contribution in [1.29, 1.82) is 0 Å². The molecule has 4 aliphatic rings. The van der Waals surface area contributed by atoms with E-state index in [1.807, 2.05) is 0 Å². The fourth-order valence-electron chi connectivity index (χ4n) is 4.47. The summed E-state index contributed by atoms with van der Waals surface area (Å²) >= 11 is 0. The molecule has 0 aromatic carbocycles. The van der Waals surface area contributed by atoms with Crippen molar-refractivity contribution in [1.82, 2.24) is 15.1 Å². The van der Waals surface area contributed by atoms with Crippen LogP contribution in [-0.2, 0) is 4.79 Å². The molecular weight excluding hydrogens is 250 g/mol. The van der Waals surface area contributed by atoms with Crippen LogP contribution in [-0.4, -0.2) is 61.0 Å². The van der Waals surface area contributed by atoms with Crippen molar-refractivity contribution in [3.63, 3.8) is 0 Å². The van der Waals surface area contributed by atoms with Gasteiger partial charge in [-0.2, -0.15) is 0 Å². The Hall–Kier alpha value is -0.610. The molecule has 0 aromatic heterocycles. The van der Waals surface area contributed by atoms with Gasteiger partial charge in [0.25, 0.3) is 0 Å². The number of nitrogens with one attached hydrogen (secondary N) is 1. The van der Waals surface area contributed by atoms with E-state index < -0.39 is 0 Å². The summed E-state index contributed by atoms with van der Waals surface area (Å²) in [4.78, 5) is 17.4. The number of hydrogen-bond donors (Lipinski definition) is 1. The van der Waals surface area contributed by atoms with Crippen LogP contribution in [0, 0.1) is 17.8 Å². The van der Waals surface area contributed by atoms with Crippen molar-refractivity contribution in [2.75, 3.05) is 39.3 Å². The van der Waals surface area contributed by atoms with Gasteiger partial charge in [0.1, 0.15) is 0 Å². The Balaban J connectivity index is 1.31. The molecule has 20 heavy (non-hydrogen) atoms. The number of rotatable bonds is 3. The molecule has 0 spiro atoms. The van der Waals surface area contributed by atoms with Gasteiger partial charge in [0.15, 0.2) is 0 Å². The lowest BCUT2D eigenvalue weighted by atomic mass is 9.93. The monoisotopic (exact) mass is 277 g/mol. The first-order valence-corrected chi connectivity index (χ1v) is 8.56. The van der Waals surface area contributed by atoms with Gasteiger partial charge in [0.05, 0.1) is 6.04 Å². The molecule has 1 N–H and O–H groups in total. The van der Waals surface area contributed by atoms with Crippen molar-refractivity contribution in [2.24, 2.45) is 17.8 Å². The first kappa shape index (κ1) is 13.1. The highest BCUT2D eigenvalue weighted by atomic mass is 16.2. The molecule has 2 saturated heterocycles. The second-order valence-electron chi connectivity index (χ2n) is 7.31. The molecule has 2 saturated carbocycles. The summed E-state index contributed by atoms with van der Waals surface area (Å²) in [6.45, 7) is 6.41. The number of fused-ring (bicyclic) bond motifs is 1. The van der Waals surface area contributed by atoms with E-state index in [1.165, 1.54) is 38.6 Å². The highest BCUT2D eigenvalue weighted by molar-refractivity contribution is 5.83. The summed E-state index contributed by atoms with van der Waals surface area (Å²) < 4.78 is 0. The van der Waals surface area contributed by atoms with Crippen LogP contribution >= 0.6 is 0 Å². The number of hydrogen-bond acceptors (Lipinski definition) is 3. The van der Waals surface area contributed by atoms with Crippen LogP contribution in [0.5, 0.6) is 0 Å². The fraction of sp³-hybridized carbons (Fsp3) is 0.938. The lowest BCUT2D eigenvalue weighted by molar-refractivity contribution is -0.136. The molecule has 2 aliphatic carbocycles. The summed E-state index contributed by atoms with van der Waals surface area (Å²) in [5.41, 5.74) is 0. The van der Waals surface area contributed by atoms with Gasteiger partial charge >= 0.3 is 0 Å². The SMILES string of the molecule is O=C(C1NCC2CCCC21)N1CCN(CC2CC2)CC1. The van der Waals surface area contributed by atoms with Crippen molar-refractivity contribution in [3.8, 4) is 0 Å². The van der Waals surface area contributed by atoms with Gasteiger partial charge in [-0.05, 0) is 50.0 Å². The largest absolute Gasteiger partial charge is 0.339 e. The van der Waals surface area contributed by atoms with E-state index >= 15 is 0 Å². The van der Waals surface area contributed by atoms with Gasteiger partial charge in [0, 0.05) is 32.7 Å². The summed E-state index contributed by atoms with van der Waals surface area (Å²) in [6, 6.07) is 0.137. The lowest BCUT2D eigenvalue weighted by Gasteiger charge is -2.36. The minimum atomic E-state index is 0.137. The molecule has 2 heterocycles. The van der Waals surface area contributed by atoms with Crippen molar-refractivity contribution in [2.45, 2.75) is 38.1 Å². The summed E-state index contributed by atoms with van der Waals surface area (Å²) in [5.74, 6) is 2.77. The Kier molecular flexibility index (Phi) is 3.47. The highest BCUT2D eigenvalue weighted by Crippen LogP contribution is 2.38. The molecule has 2 aliphatic heterocycles. The average molecular weight is 277 g/mol. The number of carbonyl (C=O) groups excluding carboxylic acids is 1. The third-order valence-electron chi connectivity index (χ3n) is 5.91. The summed E-state index contributed by atoms with van der Waals surface area (Å²) in [5, 5.41) is 3.50. The van der Waals surface area contributed by atoms with Crippen LogP contribution in [0.1, 0.15) is 32.1 Å². The zero-order chi connectivity index (χ0) is 13.5. The van der Waals surface area contributed by atoms with Crippen LogP contribution in [0.25, 0.3) is 0 Å². The Morgan fingerprint density at radius 3 is 2.60 bits per heavy atom. The van der Waals surface area contributed by atoms with E-state index in [4.69, 9.17) is 0 Å². The first-order chi connectivity index (χ1) is 9.81. The first-order valence-electron chi connectivity index (χ1n) is 8.56.